The molecule has 1 aliphatic carbocycles. The van der Waals surface area contributed by atoms with Gasteiger partial charge in [-0.15, -0.1) is 0 Å². The number of ketones is 2. The highest BCUT2D eigenvalue weighted by molar-refractivity contribution is 6.11. The Labute approximate surface area is 69.5 Å². The summed E-state index contributed by atoms with van der Waals surface area (Å²) < 4.78 is 0. The van der Waals surface area contributed by atoms with Gasteiger partial charge >= 0.3 is 0 Å². The van der Waals surface area contributed by atoms with Crippen LogP contribution in [0.15, 0.2) is 28.4 Å². The van der Waals surface area contributed by atoms with Crippen molar-refractivity contribution in [2.24, 2.45) is 4.99 Å². The van der Waals surface area contributed by atoms with Gasteiger partial charge in [0.15, 0.2) is 11.6 Å². The number of aliphatic imine (C=N–C) groups is 1. The van der Waals surface area contributed by atoms with E-state index in [0.717, 1.165) is 0 Å². The first kappa shape index (κ1) is 7.16. The van der Waals surface area contributed by atoms with Crippen molar-refractivity contribution < 1.29 is 9.59 Å². The van der Waals surface area contributed by atoms with Crippen LogP contribution in [0.2, 0.25) is 0 Å². The molecule has 2 aliphatic rings. The Morgan fingerprint density at radius 3 is 2.92 bits per heavy atom. The number of carbonyl (C=O) groups excluding carboxylic acids is 2. The lowest BCUT2D eigenvalue weighted by Gasteiger charge is -2.13. The monoisotopic (exact) mass is 161 g/mol. The third-order valence-electron chi connectivity index (χ3n) is 1.89. The van der Waals surface area contributed by atoms with Gasteiger partial charge in [0.05, 0.1) is 5.70 Å². The SMILES string of the molecule is O=C1C=C2N=CCC(=O)C2=CC1. The summed E-state index contributed by atoms with van der Waals surface area (Å²) in [5.41, 5.74) is 1.14. The molecule has 1 heterocycles. The van der Waals surface area contributed by atoms with Crippen molar-refractivity contribution in [2.75, 3.05) is 0 Å². The average Bonchev–Trinajstić information content (AvgIpc) is 2.04. The molecular weight excluding hydrogens is 154 g/mol. The molecular formula is C9H7NO2. The lowest BCUT2D eigenvalue weighted by atomic mass is 9.96. The van der Waals surface area contributed by atoms with Crippen LogP contribution in [0.5, 0.6) is 0 Å². The predicted molar refractivity (Wildman–Crippen MR) is 43.9 cm³/mol. The third-order valence-corrected chi connectivity index (χ3v) is 1.89. The lowest BCUT2D eigenvalue weighted by molar-refractivity contribution is -0.114. The van der Waals surface area contributed by atoms with E-state index in [4.69, 9.17) is 0 Å². The molecule has 3 nitrogen and oxygen atoms in total. The van der Waals surface area contributed by atoms with E-state index in [9.17, 15) is 9.59 Å². The van der Waals surface area contributed by atoms with E-state index in [0.29, 0.717) is 24.1 Å². The van der Waals surface area contributed by atoms with Crippen LogP contribution in [0.3, 0.4) is 0 Å². The second-order valence-electron chi connectivity index (χ2n) is 2.76. The van der Waals surface area contributed by atoms with Crippen LogP contribution in [-0.4, -0.2) is 17.8 Å². The fourth-order valence-corrected chi connectivity index (χ4v) is 1.30. The van der Waals surface area contributed by atoms with Crippen molar-refractivity contribution in [3.05, 3.63) is 23.4 Å². The number of fused-ring (bicyclic) bond motifs is 1. The maximum atomic E-state index is 11.2. The number of rotatable bonds is 0. The minimum Gasteiger partial charge on any atom is -0.294 e. The molecule has 0 aromatic carbocycles. The number of hydrogen-bond donors (Lipinski definition) is 0. The molecule has 2 rings (SSSR count). The molecule has 0 N–H and O–H groups in total. The molecule has 0 fully saturated rings. The van der Waals surface area contributed by atoms with Crippen LogP contribution < -0.4 is 0 Å². The van der Waals surface area contributed by atoms with Crippen LogP contribution in [0.25, 0.3) is 0 Å². The van der Waals surface area contributed by atoms with E-state index in [1.807, 2.05) is 0 Å². The number of hydrogen-bond acceptors (Lipinski definition) is 3. The first-order valence-electron chi connectivity index (χ1n) is 3.78. The molecule has 0 saturated heterocycles. The maximum Gasteiger partial charge on any atom is 0.170 e. The first-order valence-corrected chi connectivity index (χ1v) is 3.78. The zero-order valence-electron chi connectivity index (χ0n) is 6.41. The van der Waals surface area contributed by atoms with Gasteiger partial charge in [0.25, 0.3) is 0 Å². The normalized spacial score (nSPS) is 21.7. The second kappa shape index (κ2) is 2.52. The summed E-state index contributed by atoms with van der Waals surface area (Å²) in [5, 5.41) is 0. The van der Waals surface area contributed by atoms with Gasteiger partial charge in [-0.1, -0.05) is 6.08 Å². The van der Waals surface area contributed by atoms with E-state index in [2.05, 4.69) is 4.99 Å². The Morgan fingerprint density at radius 2 is 2.08 bits per heavy atom. The standard InChI is InChI=1S/C9H7NO2/c11-6-1-2-7-8(5-6)10-4-3-9(7)12/h2,4-5H,1,3H2. The summed E-state index contributed by atoms with van der Waals surface area (Å²) in [6.07, 6.45) is 5.33. The highest BCUT2D eigenvalue weighted by atomic mass is 16.1. The Balaban J connectivity index is 2.47. The maximum absolute atomic E-state index is 11.2. The van der Waals surface area contributed by atoms with E-state index in [-0.39, 0.29) is 11.6 Å². The molecule has 60 valence electrons. The molecule has 0 spiro atoms. The van der Waals surface area contributed by atoms with E-state index in [1.165, 1.54) is 6.08 Å². The highest BCUT2D eigenvalue weighted by Crippen LogP contribution is 2.22. The molecule has 0 amide bonds. The van der Waals surface area contributed by atoms with Crippen molar-refractivity contribution in [2.45, 2.75) is 12.8 Å². The minimum atomic E-state index is 0.0144. The summed E-state index contributed by atoms with van der Waals surface area (Å²) >= 11 is 0. The van der Waals surface area contributed by atoms with Gasteiger partial charge in [0.1, 0.15) is 0 Å². The summed E-state index contributed by atoms with van der Waals surface area (Å²) in [4.78, 5) is 26.1. The first-order chi connectivity index (χ1) is 5.77. The Morgan fingerprint density at radius 1 is 1.25 bits per heavy atom. The van der Waals surface area contributed by atoms with Crippen LogP contribution in [0.4, 0.5) is 0 Å². The van der Waals surface area contributed by atoms with Crippen LogP contribution in [0, 0.1) is 0 Å². The van der Waals surface area contributed by atoms with Crippen LogP contribution in [-0.2, 0) is 9.59 Å². The zero-order chi connectivity index (χ0) is 8.55. The van der Waals surface area contributed by atoms with E-state index in [1.54, 1.807) is 12.3 Å². The molecule has 0 aromatic heterocycles. The van der Waals surface area contributed by atoms with Crippen molar-refractivity contribution in [3.63, 3.8) is 0 Å². The molecule has 12 heavy (non-hydrogen) atoms. The van der Waals surface area contributed by atoms with Crippen molar-refractivity contribution in [1.29, 1.82) is 0 Å². The molecule has 0 saturated carbocycles. The Kier molecular flexibility index (Phi) is 1.50. The van der Waals surface area contributed by atoms with Gasteiger partial charge in [-0.25, -0.2) is 0 Å². The number of carbonyl (C=O) groups is 2. The number of Topliss-reactive ketones (excluding diaryl/α,β-unsaturated/α-hetero) is 1. The smallest absolute Gasteiger partial charge is 0.170 e. The topological polar surface area (TPSA) is 46.5 Å². The van der Waals surface area contributed by atoms with Crippen molar-refractivity contribution in [3.8, 4) is 0 Å². The molecule has 0 aromatic rings. The van der Waals surface area contributed by atoms with Gasteiger partial charge in [0.2, 0.25) is 0 Å². The molecule has 0 bridgehead atoms. The molecule has 0 atom stereocenters. The number of nitrogens with zero attached hydrogens (tertiary/aromatic N) is 1. The summed E-state index contributed by atoms with van der Waals surface area (Å²) in [5.74, 6) is 0.0735. The van der Waals surface area contributed by atoms with Gasteiger partial charge in [0, 0.05) is 30.7 Å². The third kappa shape index (κ3) is 1.03. The summed E-state index contributed by atoms with van der Waals surface area (Å²) in [6.45, 7) is 0. The number of allylic oxidation sites excluding steroid dienone is 3. The second-order valence-corrected chi connectivity index (χ2v) is 2.76. The lowest BCUT2D eigenvalue weighted by Crippen LogP contribution is -2.14. The predicted octanol–water partition coefficient (Wildman–Crippen LogP) is 0.813. The molecule has 0 unspecified atom stereocenters. The Hall–Kier alpha value is -1.51. The Bertz CT molecular complexity index is 348. The molecule has 3 heteroatoms. The molecule has 1 aliphatic heterocycles. The van der Waals surface area contributed by atoms with E-state index < -0.39 is 0 Å². The van der Waals surface area contributed by atoms with Gasteiger partial charge in [-0.3, -0.25) is 14.6 Å². The highest BCUT2D eigenvalue weighted by Gasteiger charge is 2.20. The van der Waals surface area contributed by atoms with Crippen molar-refractivity contribution in [1.82, 2.24) is 0 Å². The summed E-state index contributed by atoms with van der Waals surface area (Å²) in [6, 6.07) is 0. The van der Waals surface area contributed by atoms with Crippen LogP contribution in [0.1, 0.15) is 12.8 Å². The fraction of sp³-hybridized carbons (Fsp3) is 0.222. The quantitative estimate of drug-likeness (QED) is 0.527. The van der Waals surface area contributed by atoms with Crippen LogP contribution >= 0.6 is 0 Å². The van der Waals surface area contributed by atoms with Gasteiger partial charge < -0.3 is 0 Å². The van der Waals surface area contributed by atoms with E-state index >= 15 is 0 Å². The minimum absolute atomic E-state index is 0.0144. The summed E-state index contributed by atoms with van der Waals surface area (Å²) in [7, 11) is 0. The average molecular weight is 161 g/mol. The van der Waals surface area contributed by atoms with Gasteiger partial charge in [-0.05, 0) is 0 Å². The zero-order valence-corrected chi connectivity index (χ0v) is 6.41. The fourth-order valence-electron chi connectivity index (χ4n) is 1.30. The van der Waals surface area contributed by atoms with Gasteiger partial charge in [-0.2, -0.15) is 0 Å². The molecule has 0 radical (unpaired) electrons. The largest absolute Gasteiger partial charge is 0.294 e. The van der Waals surface area contributed by atoms with Crippen molar-refractivity contribution >= 4 is 17.8 Å².